The van der Waals surface area contributed by atoms with Crippen LogP contribution < -0.4 is 20.1 Å². The van der Waals surface area contributed by atoms with Gasteiger partial charge in [0.15, 0.2) is 6.61 Å². The van der Waals surface area contributed by atoms with E-state index in [0.717, 1.165) is 0 Å². The number of para-hydroxylation sites is 1. The SMILES string of the molecule is CSCCC(NC(=O)COc1ccccc1)C(=O)Oc1ccc(NC(=O)c2ccccc2)cc1. The fourth-order valence-corrected chi connectivity index (χ4v) is 3.44. The van der Waals surface area contributed by atoms with E-state index in [1.165, 1.54) is 0 Å². The van der Waals surface area contributed by atoms with Crippen molar-refractivity contribution in [2.75, 3.05) is 23.9 Å². The van der Waals surface area contributed by atoms with Gasteiger partial charge in [0, 0.05) is 11.3 Å². The van der Waals surface area contributed by atoms with E-state index < -0.39 is 17.9 Å². The summed E-state index contributed by atoms with van der Waals surface area (Å²) in [5, 5.41) is 5.48. The van der Waals surface area contributed by atoms with Crippen molar-refractivity contribution in [1.29, 1.82) is 0 Å². The molecule has 8 heteroatoms. The van der Waals surface area contributed by atoms with Crippen molar-refractivity contribution < 1.29 is 23.9 Å². The molecule has 0 aliphatic carbocycles. The Morgan fingerprint density at radius 3 is 2.15 bits per heavy atom. The van der Waals surface area contributed by atoms with Crippen LogP contribution in [0.15, 0.2) is 84.9 Å². The van der Waals surface area contributed by atoms with Crippen LogP contribution in [0.3, 0.4) is 0 Å². The lowest BCUT2D eigenvalue weighted by atomic mass is 10.2. The molecule has 3 aromatic carbocycles. The maximum absolute atomic E-state index is 12.7. The topological polar surface area (TPSA) is 93.7 Å². The number of ether oxygens (including phenoxy) is 2. The Balaban J connectivity index is 1.54. The first-order valence-corrected chi connectivity index (χ1v) is 12.1. The van der Waals surface area contributed by atoms with Crippen LogP contribution in [0.25, 0.3) is 0 Å². The molecule has 0 radical (unpaired) electrons. The zero-order valence-corrected chi connectivity index (χ0v) is 19.5. The predicted molar refractivity (Wildman–Crippen MR) is 133 cm³/mol. The zero-order valence-electron chi connectivity index (χ0n) is 18.7. The highest BCUT2D eigenvalue weighted by atomic mass is 32.2. The molecule has 3 rings (SSSR count). The zero-order chi connectivity index (χ0) is 24.2. The molecule has 0 bridgehead atoms. The number of anilines is 1. The van der Waals surface area contributed by atoms with Crippen molar-refractivity contribution in [3.63, 3.8) is 0 Å². The van der Waals surface area contributed by atoms with E-state index in [2.05, 4.69) is 10.6 Å². The lowest BCUT2D eigenvalue weighted by Gasteiger charge is -2.17. The van der Waals surface area contributed by atoms with Gasteiger partial charge in [-0.15, -0.1) is 0 Å². The van der Waals surface area contributed by atoms with Crippen LogP contribution in [-0.2, 0) is 9.59 Å². The van der Waals surface area contributed by atoms with Crippen molar-refractivity contribution in [1.82, 2.24) is 5.32 Å². The number of amides is 2. The number of hydrogen-bond acceptors (Lipinski definition) is 6. The molecule has 0 saturated carbocycles. The van der Waals surface area contributed by atoms with Gasteiger partial charge in [0.25, 0.3) is 11.8 Å². The number of thioether (sulfide) groups is 1. The van der Waals surface area contributed by atoms with E-state index in [0.29, 0.717) is 34.9 Å². The molecule has 0 saturated heterocycles. The lowest BCUT2D eigenvalue weighted by molar-refractivity contribution is -0.139. The van der Waals surface area contributed by atoms with E-state index in [-0.39, 0.29) is 12.5 Å². The summed E-state index contributed by atoms with van der Waals surface area (Å²) in [5.41, 5.74) is 1.11. The van der Waals surface area contributed by atoms with Crippen molar-refractivity contribution in [2.24, 2.45) is 0 Å². The minimum absolute atomic E-state index is 0.205. The summed E-state index contributed by atoms with van der Waals surface area (Å²) in [5.74, 6) is 0.341. The van der Waals surface area contributed by atoms with Gasteiger partial charge >= 0.3 is 5.97 Å². The largest absolute Gasteiger partial charge is 0.484 e. The third kappa shape index (κ3) is 7.97. The second-order valence-electron chi connectivity index (χ2n) is 7.27. The number of hydrogen-bond donors (Lipinski definition) is 2. The Morgan fingerprint density at radius 2 is 1.50 bits per heavy atom. The molecule has 176 valence electrons. The first-order chi connectivity index (χ1) is 16.5. The van der Waals surface area contributed by atoms with Gasteiger partial charge in [-0.25, -0.2) is 4.79 Å². The third-order valence-electron chi connectivity index (χ3n) is 4.71. The molecule has 0 spiro atoms. The first-order valence-electron chi connectivity index (χ1n) is 10.7. The van der Waals surface area contributed by atoms with Gasteiger partial charge in [-0.2, -0.15) is 11.8 Å². The van der Waals surface area contributed by atoms with Crippen LogP contribution in [-0.4, -0.2) is 42.4 Å². The van der Waals surface area contributed by atoms with Crippen LogP contribution in [0.1, 0.15) is 16.8 Å². The Kier molecular flexibility index (Phi) is 9.54. The molecule has 34 heavy (non-hydrogen) atoms. The number of nitrogens with one attached hydrogen (secondary N) is 2. The van der Waals surface area contributed by atoms with Gasteiger partial charge in [0.1, 0.15) is 17.5 Å². The van der Waals surface area contributed by atoms with Crippen molar-refractivity contribution >= 4 is 35.2 Å². The van der Waals surface area contributed by atoms with E-state index in [1.54, 1.807) is 72.4 Å². The molecule has 0 aromatic heterocycles. The molecular formula is C26H26N2O5S. The quantitative estimate of drug-likeness (QED) is 0.318. The standard InChI is InChI=1S/C26H26N2O5S/c1-34-17-16-23(28-24(29)18-32-21-10-6-3-7-11-21)26(31)33-22-14-12-20(13-15-22)27-25(30)19-8-4-2-5-9-19/h2-15,23H,16-18H2,1H3,(H,27,30)(H,28,29). The minimum atomic E-state index is -0.809. The molecule has 2 amide bonds. The smallest absolute Gasteiger partial charge is 0.334 e. The fraction of sp³-hybridized carbons (Fsp3) is 0.192. The molecule has 0 aliphatic heterocycles. The summed E-state index contributed by atoms with van der Waals surface area (Å²) < 4.78 is 10.9. The summed E-state index contributed by atoms with van der Waals surface area (Å²) in [6.45, 7) is -0.205. The van der Waals surface area contributed by atoms with Crippen molar-refractivity contribution in [2.45, 2.75) is 12.5 Å². The Bertz CT molecular complexity index is 1080. The summed E-state index contributed by atoms with van der Waals surface area (Å²) in [6.07, 6.45) is 2.34. The fourth-order valence-electron chi connectivity index (χ4n) is 2.97. The van der Waals surface area contributed by atoms with Crippen LogP contribution in [0.5, 0.6) is 11.5 Å². The van der Waals surface area contributed by atoms with Gasteiger partial charge in [0.05, 0.1) is 0 Å². The highest BCUT2D eigenvalue weighted by Gasteiger charge is 2.23. The molecular weight excluding hydrogens is 452 g/mol. The summed E-state index contributed by atoms with van der Waals surface area (Å²) in [7, 11) is 0. The average Bonchev–Trinajstić information content (AvgIpc) is 2.87. The van der Waals surface area contributed by atoms with Crippen molar-refractivity contribution in [3.8, 4) is 11.5 Å². The number of carbonyl (C=O) groups is 3. The number of esters is 1. The van der Waals surface area contributed by atoms with E-state index in [9.17, 15) is 14.4 Å². The van der Waals surface area contributed by atoms with Gasteiger partial charge in [-0.3, -0.25) is 9.59 Å². The van der Waals surface area contributed by atoms with Gasteiger partial charge in [-0.1, -0.05) is 36.4 Å². The monoisotopic (exact) mass is 478 g/mol. The third-order valence-corrected chi connectivity index (χ3v) is 5.35. The Hall–Kier alpha value is -3.78. The second-order valence-corrected chi connectivity index (χ2v) is 8.25. The molecule has 7 nitrogen and oxygen atoms in total. The maximum Gasteiger partial charge on any atom is 0.334 e. The molecule has 0 fully saturated rings. The summed E-state index contributed by atoms with van der Waals surface area (Å²) in [4.78, 5) is 37.3. The number of benzene rings is 3. The lowest BCUT2D eigenvalue weighted by Crippen LogP contribution is -2.45. The van der Waals surface area contributed by atoms with Gasteiger partial charge < -0.3 is 20.1 Å². The molecule has 2 N–H and O–H groups in total. The molecule has 1 unspecified atom stereocenters. The second kappa shape index (κ2) is 13.1. The Labute approximate surface area is 202 Å². The van der Waals surface area contributed by atoms with Crippen LogP contribution in [0.4, 0.5) is 5.69 Å². The molecule has 1 atom stereocenters. The molecule has 0 heterocycles. The average molecular weight is 479 g/mol. The van der Waals surface area contributed by atoms with Crippen molar-refractivity contribution in [3.05, 3.63) is 90.5 Å². The van der Waals surface area contributed by atoms with Gasteiger partial charge in [-0.05, 0) is 67.0 Å². The first kappa shape index (κ1) is 24.9. The highest BCUT2D eigenvalue weighted by molar-refractivity contribution is 7.98. The number of carbonyl (C=O) groups excluding carboxylic acids is 3. The molecule has 3 aromatic rings. The summed E-state index contributed by atoms with van der Waals surface area (Å²) in [6, 6.07) is 23.5. The predicted octanol–water partition coefficient (Wildman–Crippen LogP) is 4.16. The minimum Gasteiger partial charge on any atom is -0.484 e. The van der Waals surface area contributed by atoms with Crippen LogP contribution in [0, 0.1) is 0 Å². The van der Waals surface area contributed by atoms with Gasteiger partial charge in [0.2, 0.25) is 0 Å². The highest BCUT2D eigenvalue weighted by Crippen LogP contribution is 2.18. The Morgan fingerprint density at radius 1 is 0.853 bits per heavy atom. The van der Waals surface area contributed by atoms with Crippen LogP contribution in [0.2, 0.25) is 0 Å². The molecule has 0 aliphatic rings. The van der Waals surface area contributed by atoms with E-state index >= 15 is 0 Å². The summed E-state index contributed by atoms with van der Waals surface area (Å²) >= 11 is 1.57. The normalized spacial score (nSPS) is 11.2. The van der Waals surface area contributed by atoms with Crippen LogP contribution >= 0.6 is 11.8 Å². The van der Waals surface area contributed by atoms with E-state index in [1.807, 2.05) is 30.5 Å². The maximum atomic E-state index is 12.7. The number of rotatable bonds is 11. The van der Waals surface area contributed by atoms with E-state index in [4.69, 9.17) is 9.47 Å².